The lowest BCUT2D eigenvalue weighted by Gasteiger charge is -2.17. The second-order valence-electron chi connectivity index (χ2n) is 6.47. The Balaban J connectivity index is 1.66. The van der Waals surface area contributed by atoms with Gasteiger partial charge in [-0.15, -0.1) is 0 Å². The number of carbonyl (C=O) groups is 1. The summed E-state index contributed by atoms with van der Waals surface area (Å²) in [6.45, 7) is 4.96. The van der Waals surface area contributed by atoms with Crippen molar-refractivity contribution < 1.29 is 14.3 Å². The molecule has 0 aromatic heterocycles. The van der Waals surface area contributed by atoms with E-state index in [1.165, 1.54) is 0 Å². The highest BCUT2D eigenvalue weighted by Gasteiger charge is 2.15. The van der Waals surface area contributed by atoms with E-state index in [0.29, 0.717) is 24.5 Å². The maximum Gasteiger partial charge on any atom is 0.255 e. The van der Waals surface area contributed by atoms with Crippen molar-refractivity contribution in [3.05, 3.63) is 95.6 Å². The SMILES string of the molecule is CCOc1ccc([C@@H](C)NC(=O)c2ccccc2OCc2ccccc2)cc1. The number of nitrogens with one attached hydrogen (secondary N) is 1. The first-order chi connectivity index (χ1) is 13.7. The Kier molecular flexibility index (Phi) is 6.68. The second-order valence-corrected chi connectivity index (χ2v) is 6.47. The van der Waals surface area contributed by atoms with Gasteiger partial charge in [-0.1, -0.05) is 54.6 Å². The molecule has 144 valence electrons. The normalized spacial score (nSPS) is 11.5. The van der Waals surface area contributed by atoms with Crippen molar-refractivity contribution in [2.45, 2.75) is 26.5 Å². The zero-order valence-corrected chi connectivity index (χ0v) is 16.2. The van der Waals surface area contributed by atoms with E-state index >= 15 is 0 Å². The summed E-state index contributed by atoms with van der Waals surface area (Å²) in [7, 11) is 0. The lowest BCUT2D eigenvalue weighted by Crippen LogP contribution is -2.27. The van der Waals surface area contributed by atoms with E-state index in [1.807, 2.05) is 86.6 Å². The molecular formula is C24H25NO3. The molecule has 4 nitrogen and oxygen atoms in total. The summed E-state index contributed by atoms with van der Waals surface area (Å²) in [6, 6.07) is 24.8. The molecule has 4 heteroatoms. The Morgan fingerprint density at radius 1 is 0.893 bits per heavy atom. The monoisotopic (exact) mass is 375 g/mol. The van der Waals surface area contributed by atoms with Crippen LogP contribution in [0.25, 0.3) is 0 Å². The lowest BCUT2D eigenvalue weighted by atomic mass is 10.1. The molecule has 0 saturated heterocycles. The molecule has 0 fully saturated rings. The first-order valence-electron chi connectivity index (χ1n) is 9.46. The Bertz CT molecular complexity index is 891. The van der Waals surface area contributed by atoms with E-state index in [-0.39, 0.29) is 11.9 Å². The number of hydrogen-bond acceptors (Lipinski definition) is 3. The molecule has 1 amide bonds. The predicted molar refractivity (Wildman–Crippen MR) is 111 cm³/mol. The number of para-hydroxylation sites is 1. The standard InChI is InChI=1S/C24H25NO3/c1-3-27-21-15-13-20(14-16-21)18(2)25-24(26)22-11-7-8-12-23(22)28-17-19-9-5-4-6-10-19/h4-16,18H,3,17H2,1-2H3,(H,25,26)/t18-/m1/s1. The fraction of sp³-hybridized carbons (Fsp3) is 0.208. The van der Waals surface area contributed by atoms with Gasteiger partial charge in [-0.2, -0.15) is 0 Å². The topological polar surface area (TPSA) is 47.6 Å². The third-order valence-corrected chi connectivity index (χ3v) is 4.41. The van der Waals surface area contributed by atoms with Gasteiger partial charge in [0.15, 0.2) is 0 Å². The fourth-order valence-corrected chi connectivity index (χ4v) is 2.89. The lowest BCUT2D eigenvalue weighted by molar-refractivity contribution is 0.0935. The molecule has 3 rings (SSSR count). The summed E-state index contributed by atoms with van der Waals surface area (Å²) in [6.07, 6.45) is 0. The minimum absolute atomic E-state index is 0.134. The zero-order chi connectivity index (χ0) is 19.8. The van der Waals surface area contributed by atoms with Crippen LogP contribution in [-0.4, -0.2) is 12.5 Å². The molecule has 0 radical (unpaired) electrons. The van der Waals surface area contributed by atoms with Crippen molar-refractivity contribution in [2.24, 2.45) is 0 Å². The van der Waals surface area contributed by atoms with Crippen LogP contribution in [0, 0.1) is 0 Å². The predicted octanol–water partition coefficient (Wildman–Crippen LogP) is 5.16. The van der Waals surface area contributed by atoms with Crippen molar-refractivity contribution in [1.82, 2.24) is 5.32 Å². The number of amides is 1. The van der Waals surface area contributed by atoms with Crippen LogP contribution in [0.15, 0.2) is 78.9 Å². The van der Waals surface area contributed by atoms with Crippen LogP contribution in [0.2, 0.25) is 0 Å². The maximum atomic E-state index is 12.8. The molecule has 3 aromatic rings. The van der Waals surface area contributed by atoms with Crippen molar-refractivity contribution in [3.63, 3.8) is 0 Å². The first kappa shape index (κ1) is 19.5. The van der Waals surface area contributed by atoms with E-state index in [9.17, 15) is 4.79 Å². The fourth-order valence-electron chi connectivity index (χ4n) is 2.89. The number of carbonyl (C=O) groups excluding carboxylic acids is 1. The van der Waals surface area contributed by atoms with Gasteiger partial charge in [0.05, 0.1) is 18.2 Å². The molecule has 0 aliphatic carbocycles. The number of benzene rings is 3. The molecular weight excluding hydrogens is 350 g/mol. The van der Waals surface area contributed by atoms with Crippen LogP contribution in [0.3, 0.4) is 0 Å². The van der Waals surface area contributed by atoms with Crippen molar-refractivity contribution in [2.75, 3.05) is 6.61 Å². The van der Waals surface area contributed by atoms with Gasteiger partial charge in [-0.05, 0) is 49.2 Å². The maximum absolute atomic E-state index is 12.8. The van der Waals surface area contributed by atoms with Crippen molar-refractivity contribution >= 4 is 5.91 Å². The number of rotatable bonds is 8. The van der Waals surface area contributed by atoms with E-state index < -0.39 is 0 Å². The van der Waals surface area contributed by atoms with E-state index in [0.717, 1.165) is 16.9 Å². The summed E-state index contributed by atoms with van der Waals surface area (Å²) >= 11 is 0. The molecule has 0 saturated carbocycles. The third-order valence-electron chi connectivity index (χ3n) is 4.41. The summed E-state index contributed by atoms with van der Waals surface area (Å²) < 4.78 is 11.4. The summed E-state index contributed by atoms with van der Waals surface area (Å²) in [5, 5.41) is 3.04. The summed E-state index contributed by atoms with van der Waals surface area (Å²) in [5.41, 5.74) is 2.59. The second kappa shape index (κ2) is 9.60. The van der Waals surface area contributed by atoms with Crippen LogP contribution in [0.1, 0.15) is 41.4 Å². The van der Waals surface area contributed by atoms with E-state index in [2.05, 4.69) is 5.32 Å². The van der Waals surface area contributed by atoms with Gasteiger partial charge in [0, 0.05) is 0 Å². The Morgan fingerprint density at radius 3 is 2.29 bits per heavy atom. The molecule has 1 N–H and O–H groups in total. The van der Waals surface area contributed by atoms with Crippen LogP contribution in [0.4, 0.5) is 0 Å². The van der Waals surface area contributed by atoms with Crippen LogP contribution in [0.5, 0.6) is 11.5 Å². The van der Waals surface area contributed by atoms with Gasteiger partial charge in [-0.3, -0.25) is 4.79 Å². The Hall–Kier alpha value is -3.27. The highest BCUT2D eigenvalue weighted by atomic mass is 16.5. The summed E-state index contributed by atoms with van der Waals surface area (Å²) in [5.74, 6) is 1.23. The largest absolute Gasteiger partial charge is 0.494 e. The molecule has 28 heavy (non-hydrogen) atoms. The summed E-state index contributed by atoms with van der Waals surface area (Å²) in [4.78, 5) is 12.8. The molecule has 0 aliphatic heterocycles. The van der Waals surface area contributed by atoms with Gasteiger partial charge < -0.3 is 14.8 Å². The molecule has 0 unspecified atom stereocenters. The minimum atomic E-state index is -0.162. The Morgan fingerprint density at radius 2 is 1.57 bits per heavy atom. The average molecular weight is 375 g/mol. The zero-order valence-electron chi connectivity index (χ0n) is 16.2. The first-order valence-corrected chi connectivity index (χ1v) is 9.46. The highest BCUT2D eigenvalue weighted by molar-refractivity contribution is 5.97. The molecule has 1 atom stereocenters. The van der Waals surface area contributed by atoms with Gasteiger partial charge in [-0.25, -0.2) is 0 Å². The molecule has 0 bridgehead atoms. The van der Waals surface area contributed by atoms with Crippen LogP contribution in [-0.2, 0) is 6.61 Å². The average Bonchev–Trinajstić information content (AvgIpc) is 2.74. The highest BCUT2D eigenvalue weighted by Crippen LogP contribution is 2.22. The smallest absolute Gasteiger partial charge is 0.255 e. The Labute approximate surface area is 166 Å². The number of ether oxygens (including phenoxy) is 2. The molecule has 0 heterocycles. The van der Waals surface area contributed by atoms with Crippen molar-refractivity contribution in [1.29, 1.82) is 0 Å². The van der Waals surface area contributed by atoms with Gasteiger partial charge in [0.1, 0.15) is 18.1 Å². The quantitative estimate of drug-likeness (QED) is 0.592. The third kappa shape index (κ3) is 5.13. The van der Waals surface area contributed by atoms with Crippen molar-refractivity contribution in [3.8, 4) is 11.5 Å². The molecule has 3 aromatic carbocycles. The van der Waals surface area contributed by atoms with E-state index in [4.69, 9.17) is 9.47 Å². The van der Waals surface area contributed by atoms with Gasteiger partial charge >= 0.3 is 0 Å². The number of hydrogen-bond donors (Lipinski definition) is 1. The minimum Gasteiger partial charge on any atom is -0.494 e. The van der Waals surface area contributed by atoms with Gasteiger partial charge in [0.2, 0.25) is 0 Å². The molecule has 0 spiro atoms. The molecule has 0 aliphatic rings. The van der Waals surface area contributed by atoms with Crippen LogP contribution >= 0.6 is 0 Å². The van der Waals surface area contributed by atoms with Crippen LogP contribution < -0.4 is 14.8 Å². The van der Waals surface area contributed by atoms with Gasteiger partial charge in [0.25, 0.3) is 5.91 Å². The van der Waals surface area contributed by atoms with E-state index in [1.54, 1.807) is 6.07 Å².